The summed E-state index contributed by atoms with van der Waals surface area (Å²) in [6.45, 7) is 1.82. The van der Waals surface area contributed by atoms with E-state index in [1.807, 2.05) is 0 Å². The fraction of sp³-hybridized carbons (Fsp3) is 0.400. The third-order valence-electron chi connectivity index (χ3n) is 4.46. The second kappa shape index (κ2) is 7.08. The van der Waals surface area contributed by atoms with Crippen LogP contribution in [0.15, 0.2) is 60.7 Å². The van der Waals surface area contributed by atoms with Crippen LogP contribution in [0.3, 0.4) is 0 Å². The number of hydrogen-bond acceptors (Lipinski definition) is 3. The molecule has 4 rings (SSSR count). The van der Waals surface area contributed by atoms with Crippen molar-refractivity contribution in [1.82, 2.24) is 0 Å². The van der Waals surface area contributed by atoms with Gasteiger partial charge in [0.2, 0.25) is 0 Å². The zero-order valence-electron chi connectivity index (χ0n) is 13.1. The number of epoxide rings is 2. The monoisotopic (exact) mass is 326 g/mol. The van der Waals surface area contributed by atoms with Crippen LogP contribution in [0.5, 0.6) is 0 Å². The normalized spacial score (nSPS) is 24.9. The van der Waals surface area contributed by atoms with E-state index in [9.17, 15) is 0 Å². The molecule has 2 aromatic rings. The summed E-state index contributed by atoms with van der Waals surface area (Å²) in [7, 11) is 0. The Balaban J connectivity index is 1.43. The summed E-state index contributed by atoms with van der Waals surface area (Å²) in [5, 5.41) is 1.05. The number of rotatable bonds is 8. The van der Waals surface area contributed by atoms with Crippen molar-refractivity contribution in [1.29, 1.82) is 0 Å². The Morgan fingerprint density at radius 1 is 0.739 bits per heavy atom. The van der Waals surface area contributed by atoms with Gasteiger partial charge in [-0.25, -0.2) is 0 Å². The lowest BCUT2D eigenvalue weighted by molar-refractivity contribution is 0.393. The van der Waals surface area contributed by atoms with Crippen LogP contribution in [-0.4, -0.2) is 35.9 Å². The zero-order chi connectivity index (χ0) is 15.5. The molecule has 2 fully saturated rings. The summed E-state index contributed by atoms with van der Waals surface area (Å²) in [4.78, 5) is 0. The van der Waals surface area contributed by atoms with E-state index >= 15 is 0 Å². The Labute approximate surface area is 142 Å². The van der Waals surface area contributed by atoms with Gasteiger partial charge in [0, 0.05) is 10.5 Å². The maximum Gasteiger partial charge on any atom is 0.0931 e. The summed E-state index contributed by atoms with van der Waals surface area (Å²) in [5.74, 6) is 0. The third kappa shape index (κ3) is 4.37. The van der Waals surface area contributed by atoms with Gasteiger partial charge in [-0.15, -0.1) is 11.8 Å². The van der Waals surface area contributed by atoms with Crippen LogP contribution < -0.4 is 0 Å². The van der Waals surface area contributed by atoms with Gasteiger partial charge in [0.05, 0.1) is 25.4 Å². The SMILES string of the molecule is c1ccc(CC(SC(Cc2ccccc2)C2CO2)C2CO2)cc1. The van der Waals surface area contributed by atoms with Crippen molar-refractivity contribution in [2.75, 3.05) is 13.2 Å². The van der Waals surface area contributed by atoms with Crippen molar-refractivity contribution in [2.24, 2.45) is 0 Å². The third-order valence-corrected chi connectivity index (χ3v) is 6.10. The standard InChI is InChI=1S/C20H22O2S/c1-3-7-15(8-4-1)11-19(17-13-21-17)23-20(18-14-22-18)12-16-9-5-2-6-10-16/h1-10,17-20H,11-14H2. The van der Waals surface area contributed by atoms with E-state index in [1.165, 1.54) is 11.1 Å². The highest BCUT2D eigenvalue weighted by molar-refractivity contribution is 8.00. The van der Waals surface area contributed by atoms with Crippen molar-refractivity contribution in [3.63, 3.8) is 0 Å². The van der Waals surface area contributed by atoms with Gasteiger partial charge in [0.15, 0.2) is 0 Å². The Kier molecular flexibility index (Phi) is 4.69. The zero-order valence-corrected chi connectivity index (χ0v) is 14.0. The molecule has 2 nitrogen and oxygen atoms in total. The van der Waals surface area contributed by atoms with Crippen molar-refractivity contribution < 1.29 is 9.47 Å². The molecular weight excluding hydrogens is 304 g/mol. The van der Waals surface area contributed by atoms with Gasteiger partial charge in [0.1, 0.15) is 0 Å². The second-order valence-corrected chi connectivity index (χ2v) is 7.82. The highest BCUT2D eigenvalue weighted by atomic mass is 32.2. The van der Waals surface area contributed by atoms with Gasteiger partial charge in [-0.1, -0.05) is 60.7 Å². The van der Waals surface area contributed by atoms with E-state index in [1.54, 1.807) is 0 Å². The molecule has 0 aromatic heterocycles. The van der Waals surface area contributed by atoms with Crippen molar-refractivity contribution in [3.8, 4) is 0 Å². The molecule has 0 saturated carbocycles. The number of ether oxygens (including phenoxy) is 2. The highest BCUT2D eigenvalue weighted by Gasteiger charge is 2.40. The van der Waals surface area contributed by atoms with Crippen molar-refractivity contribution >= 4 is 11.8 Å². The molecule has 0 aliphatic carbocycles. The summed E-state index contributed by atoms with van der Waals surface area (Å²) >= 11 is 2.07. The van der Waals surface area contributed by atoms with Gasteiger partial charge in [0.25, 0.3) is 0 Å². The first-order chi connectivity index (χ1) is 11.4. The molecule has 0 N–H and O–H groups in total. The average molecular weight is 326 g/mol. The largest absolute Gasteiger partial charge is 0.372 e. The van der Waals surface area contributed by atoms with E-state index < -0.39 is 0 Å². The topological polar surface area (TPSA) is 25.1 Å². The molecule has 0 amide bonds. The van der Waals surface area contributed by atoms with Crippen LogP contribution in [0.4, 0.5) is 0 Å². The molecule has 4 unspecified atom stereocenters. The van der Waals surface area contributed by atoms with Gasteiger partial charge in [-0.05, 0) is 24.0 Å². The first-order valence-corrected chi connectivity index (χ1v) is 9.29. The lowest BCUT2D eigenvalue weighted by Gasteiger charge is -2.21. The Hall–Kier alpha value is -1.29. The molecular formula is C20H22O2S. The molecule has 0 radical (unpaired) electrons. The lowest BCUT2D eigenvalue weighted by Crippen LogP contribution is -2.24. The summed E-state index contributed by atoms with van der Waals surface area (Å²) in [6, 6.07) is 21.5. The Bertz CT molecular complexity index is 553. The fourth-order valence-corrected chi connectivity index (χ4v) is 4.68. The summed E-state index contributed by atoms with van der Waals surface area (Å²) in [5.41, 5.74) is 2.80. The van der Waals surface area contributed by atoms with E-state index in [0.717, 1.165) is 26.1 Å². The molecule has 0 spiro atoms. The fourth-order valence-electron chi connectivity index (χ4n) is 2.99. The van der Waals surface area contributed by atoms with Crippen LogP contribution in [-0.2, 0) is 22.3 Å². The Morgan fingerprint density at radius 3 is 1.48 bits per heavy atom. The van der Waals surface area contributed by atoms with E-state index in [4.69, 9.17) is 9.47 Å². The molecule has 3 heteroatoms. The number of benzene rings is 2. The second-order valence-electron chi connectivity index (χ2n) is 6.34. The van der Waals surface area contributed by atoms with Gasteiger partial charge in [-0.3, -0.25) is 0 Å². The molecule has 2 aliphatic rings. The van der Waals surface area contributed by atoms with Crippen LogP contribution in [0.25, 0.3) is 0 Å². The summed E-state index contributed by atoms with van der Waals surface area (Å²) < 4.78 is 11.3. The molecule has 2 aliphatic heterocycles. The molecule has 4 atom stereocenters. The molecule has 23 heavy (non-hydrogen) atoms. The van der Waals surface area contributed by atoms with Gasteiger partial charge >= 0.3 is 0 Å². The molecule has 2 saturated heterocycles. The minimum atomic E-state index is 0.414. The van der Waals surface area contributed by atoms with Crippen LogP contribution in [0.2, 0.25) is 0 Å². The highest BCUT2D eigenvalue weighted by Crippen LogP contribution is 2.37. The summed E-state index contributed by atoms with van der Waals surface area (Å²) in [6.07, 6.45) is 2.98. The van der Waals surface area contributed by atoms with Gasteiger partial charge in [-0.2, -0.15) is 0 Å². The predicted molar refractivity (Wildman–Crippen MR) is 94.9 cm³/mol. The van der Waals surface area contributed by atoms with Crippen LogP contribution in [0, 0.1) is 0 Å². The minimum absolute atomic E-state index is 0.414. The first-order valence-electron chi connectivity index (χ1n) is 8.35. The molecule has 2 aromatic carbocycles. The van der Waals surface area contributed by atoms with Crippen LogP contribution >= 0.6 is 11.8 Å². The molecule has 120 valence electrons. The minimum Gasteiger partial charge on any atom is -0.372 e. The van der Waals surface area contributed by atoms with E-state index in [-0.39, 0.29) is 0 Å². The van der Waals surface area contributed by atoms with E-state index in [0.29, 0.717) is 22.7 Å². The Morgan fingerprint density at radius 2 is 1.13 bits per heavy atom. The van der Waals surface area contributed by atoms with Gasteiger partial charge < -0.3 is 9.47 Å². The average Bonchev–Trinajstić information content (AvgIpc) is 3.49. The van der Waals surface area contributed by atoms with Crippen molar-refractivity contribution in [2.45, 2.75) is 35.5 Å². The van der Waals surface area contributed by atoms with Crippen LogP contribution in [0.1, 0.15) is 11.1 Å². The number of thioether (sulfide) groups is 1. The van der Waals surface area contributed by atoms with Crippen molar-refractivity contribution in [3.05, 3.63) is 71.8 Å². The smallest absolute Gasteiger partial charge is 0.0931 e. The predicted octanol–water partition coefficient (Wildman–Crippen LogP) is 3.74. The quantitative estimate of drug-likeness (QED) is 0.691. The first kappa shape index (κ1) is 15.3. The lowest BCUT2D eigenvalue weighted by atomic mass is 10.1. The molecule has 2 heterocycles. The maximum absolute atomic E-state index is 5.63. The molecule has 0 bridgehead atoms. The van der Waals surface area contributed by atoms with E-state index in [2.05, 4.69) is 72.4 Å². The maximum atomic E-state index is 5.63. The number of hydrogen-bond donors (Lipinski definition) is 0.